The van der Waals surface area contributed by atoms with Crippen LogP contribution in [-0.2, 0) is 4.74 Å². The summed E-state index contributed by atoms with van der Waals surface area (Å²) < 4.78 is 7.46. The highest BCUT2D eigenvalue weighted by Crippen LogP contribution is 2.33. The molecule has 0 amide bonds. The number of aromatic nitrogens is 4. The Balaban J connectivity index is 2.01. The molecular formula is C10H11IN8O3. The zero-order valence-corrected chi connectivity index (χ0v) is 13.1. The van der Waals surface area contributed by atoms with Crippen molar-refractivity contribution in [3.8, 4) is 0 Å². The maximum absolute atomic E-state index is 10.2. The monoisotopic (exact) mass is 418 g/mol. The zero-order chi connectivity index (χ0) is 15.9. The summed E-state index contributed by atoms with van der Waals surface area (Å²) in [6, 6.07) is 0. The van der Waals surface area contributed by atoms with Crippen molar-refractivity contribution in [2.24, 2.45) is 5.11 Å². The van der Waals surface area contributed by atoms with Crippen molar-refractivity contribution in [1.82, 2.24) is 19.7 Å². The van der Waals surface area contributed by atoms with E-state index in [1.807, 2.05) is 22.6 Å². The van der Waals surface area contributed by atoms with Gasteiger partial charge in [0.1, 0.15) is 28.1 Å². The number of aliphatic hydroxyl groups excluding tert-OH is 2. The third kappa shape index (κ3) is 2.34. The number of nitrogen functional groups attached to an aromatic ring is 1. The molecular weight excluding hydrogens is 407 g/mol. The van der Waals surface area contributed by atoms with Crippen molar-refractivity contribution in [3.63, 3.8) is 0 Å². The van der Waals surface area contributed by atoms with Gasteiger partial charge in [-0.2, -0.15) is 5.10 Å². The first kappa shape index (κ1) is 15.2. The van der Waals surface area contributed by atoms with E-state index in [9.17, 15) is 10.2 Å². The maximum Gasteiger partial charge on any atom is 0.181 e. The highest BCUT2D eigenvalue weighted by atomic mass is 127. The summed E-state index contributed by atoms with van der Waals surface area (Å²) in [7, 11) is 0. The zero-order valence-electron chi connectivity index (χ0n) is 11.0. The molecule has 2 aromatic heterocycles. The van der Waals surface area contributed by atoms with Crippen molar-refractivity contribution < 1.29 is 14.9 Å². The highest BCUT2D eigenvalue weighted by molar-refractivity contribution is 14.1. The molecule has 0 bridgehead atoms. The molecule has 4 N–H and O–H groups in total. The standard InChI is InChI=1S/C10H11IN8O3/c11-7-4-8(12)14-2-15-9(4)19(17-7)10-6(21)5(20)3(22-10)1-16-18-13/h2-3,5-6,10,20-21H,1H2,(H2,12,14,15)/t3-,5-,6-,10-/m1/s1. The molecule has 3 rings (SSSR count). The largest absolute Gasteiger partial charge is 0.388 e. The lowest BCUT2D eigenvalue weighted by atomic mass is 10.1. The normalized spacial score (nSPS) is 28.0. The maximum atomic E-state index is 10.2. The number of aliphatic hydroxyl groups is 2. The van der Waals surface area contributed by atoms with Gasteiger partial charge in [0.15, 0.2) is 11.9 Å². The van der Waals surface area contributed by atoms with Crippen LogP contribution < -0.4 is 5.73 Å². The molecule has 116 valence electrons. The minimum absolute atomic E-state index is 0.0986. The average molecular weight is 418 g/mol. The van der Waals surface area contributed by atoms with E-state index in [1.54, 1.807) is 0 Å². The fraction of sp³-hybridized carbons (Fsp3) is 0.500. The van der Waals surface area contributed by atoms with Crippen molar-refractivity contribution in [2.75, 3.05) is 12.3 Å². The number of ether oxygens (including phenoxy) is 1. The van der Waals surface area contributed by atoms with Gasteiger partial charge in [0.2, 0.25) is 0 Å². The molecule has 1 aliphatic heterocycles. The average Bonchev–Trinajstić information content (AvgIpc) is 2.97. The van der Waals surface area contributed by atoms with Gasteiger partial charge in [0, 0.05) is 4.91 Å². The number of halogens is 1. The van der Waals surface area contributed by atoms with Crippen LogP contribution in [0.15, 0.2) is 11.4 Å². The lowest BCUT2D eigenvalue weighted by Gasteiger charge is -2.15. The molecule has 4 atom stereocenters. The van der Waals surface area contributed by atoms with Crippen molar-refractivity contribution in [2.45, 2.75) is 24.5 Å². The second-order valence-corrected chi connectivity index (χ2v) is 5.67. The molecule has 0 aliphatic carbocycles. The van der Waals surface area contributed by atoms with Gasteiger partial charge >= 0.3 is 0 Å². The summed E-state index contributed by atoms with van der Waals surface area (Å²) in [5.41, 5.74) is 14.5. The van der Waals surface area contributed by atoms with Gasteiger partial charge in [-0.1, -0.05) is 5.11 Å². The van der Waals surface area contributed by atoms with E-state index in [2.05, 4.69) is 25.1 Å². The molecule has 0 radical (unpaired) electrons. The Morgan fingerprint density at radius 1 is 1.45 bits per heavy atom. The van der Waals surface area contributed by atoms with E-state index in [4.69, 9.17) is 16.0 Å². The first-order chi connectivity index (χ1) is 10.5. The Morgan fingerprint density at radius 3 is 2.95 bits per heavy atom. The molecule has 0 unspecified atom stereocenters. The van der Waals surface area contributed by atoms with Crippen LogP contribution in [0.25, 0.3) is 21.5 Å². The Labute approximate surface area is 136 Å². The van der Waals surface area contributed by atoms with E-state index < -0.39 is 24.5 Å². The van der Waals surface area contributed by atoms with Crippen LogP contribution in [0.1, 0.15) is 6.23 Å². The quantitative estimate of drug-likeness (QED) is 0.272. The summed E-state index contributed by atoms with van der Waals surface area (Å²) in [4.78, 5) is 10.6. The van der Waals surface area contributed by atoms with Crippen molar-refractivity contribution >= 4 is 39.4 Å². The topological polar surface area (TPSA) is 168 Å². The fourth-order valence-electron chi connectivity index (χ4n) is 2.33. The first-order valence-electron chi connectivity index (χ1n) is 6.21. The number of nitrogens with two attached hydrogens (primary N) is 1. The van der Waals surface area contributed by atoms with E-state index in [1.165, 1.54) is 11.0 Å². The molecule has 22 heavy (non-hydrogen) atoms. The summed E-state index contributed by atoms with van der Waals surface area (Å²) in [5.74, 6) is 0.263. The number of rotatable bonds is 3. The Bertz CT molecular complexity index is 760. The van der Waals surface area contributed by atoms with Crippen LogP contribution in [0.4, 0.5) is 5.82 Å². The molecule has 1 aliphatic rings. The molecule has 1 fully saturated rings. The molecule has 11 nitrogen and oxygen atoms in total. The van der Waals surface area contributed by atoms with Crippen LogP contribution in [0.5, 0.6) is 0 Å². The SMILES string of the molecule is [N-]=[N+]=NC[C@H]1O[C@@H](n2nc(I)c3c(N)ncnc32)[C@H](O)[C@@H]1O. The molecule has 2 aromatic rings. The van der Waals surface area contributed by atoms with Crippen LogP contribution in [0.2, 0.25) is 0 Å². The van der Waals surface area contributed by atoms with Gasteiger partial charge < -0.3 is 20.7 Å². The van der Waals surface area contributed by atoms with Crippen LogP contribution in [0.3, 0.4) is 0 Å². The third-order valence-corrected chi connectivity index (χ3v) is 4.13. The van der Waals surface area contributed by atoms with Crippen LogP contribution >= 0.6 is 22.6 Å². The van der Waals surface area contributed by atoms with Gasteiger partial charge in [-0.15, -0.1) is 0 Å². The highest BCUT2D eigenvalue weighted by Gasteiger charge is 2.44. The van der Waals surface area contributed by atoms with E-state index in [0.29, 0.717) is 14.7 Å². The van der Waals surface area contributed by atoms with Gasteiger partial charge in [-0.05, 0) is 28.1 Å². The smallest absolute Gasteiger partial charge is 0.181 e. The second-order valence-electron chi connectivity index (χ2n) is 4.65. The van der Waals surface area contributed by atoms with Crippen LogP contribution in [-0.4, -0.2) is 54.8 Å². The molecule has 1 saturated heterocycles. The fourth-order valence-corrected chi connectivity index (χ4v) is 3.08. The first-order valence-corrected chi connectivity index (χ1v) is 7.29. The molecule has 3 heterocycles. The lowest BCUT2D eigenvalue weighted by molar-refractivity contribution is -0.0394. The minimum Gasteiger partial charge on any atom is -0.388 e. The van der Waals surface area contributed by atoms with Crippen molar-refractivity contribution in [1.29, 1.82) is 0 Å². The molecule has 0 saturated carbocycles. The van der Waals surface area contributed by atoms with Crippen LogP contribution in [0, 0.1) is 3.70 Å². The van der Waals surface area contributed by atoms with Crippen molar-refractivity contribution in [3.05, 3.63) is 20.5 Å². The number of anilines is 1. The second kappa shape index (κ2) is 5.81. The van der Waals surface area contributed by atoms with Gasteiger partial charge in [-0.3, -0.25) is 0 Å². The number of hydrogen-bond acceptors (Lipinski definition) is 8. The van der Waals surface area contributed by atoms with E-state index in [-0.39, 0.29) is 12.4 Å². The predicted molar refractivity (Wildman–Crippen MR) is 82.4 cm³/mol. The lowest BCUT2D eigenvalue weighted by Crippen LogP contribution is -2.33. The number of fused-ring (bicyclic) bond motifs is 1. The molecule has 0 spiro atoms. The minimum atomic E-state index is -1.24. The summed E-state index contributed by atoms with van der Waals surface area (Å²) in [6.07, 6.45) is -2.96. The predicted octanol–water partition coefficient (Wildman–Crippen LogP) is -0.0574. The summed E-state index contributed by atoms with van der Waals surface area (Å²) >= 11 is 1.97. The summed E-state index contributed by atoms with van der Waals surface area (Å²) in [5, 5.41) is 28.3. The van der Waals surface area contributed by atoms with Gasteiger partial charge in [-0.25, -0.2) is 14.6 Å². The van der Waals surface area contributed by atoms with Gasteiger partial charge in [0.05, 0.1) is 18.0 Å². The Hall–Kier alpha value is -1.73. The van der Waals surface area contributed by atoms with E-state index >= 15 is 0 Å². The summed E-state index contributed by atoms with van der Waals surface area (Å²) in [6.45, 7) is -0.0986. The Kier molecular flexibility index (Phi) is 4.01. The number of hydrogen-bond donors (Lipinski definition) is 3. The number of nitrogens with zero attached hydrogens (tertiary/aromatic N) is 7. The Morgan fingerprint density at radius 2 is 2.23 bits per heavy atom. The van der Waals surface area contributed by atoms with E-state index in [0.717, 1.165) is 0 Å². The number of azide groups is 1. The molecule has 12 heteroatoms. The molecule has 0 aromatic carbocycles. The third-order valence-electron chi connectivity index (χ3n) is 3.38. The van der Waals surface area contributed by atoms with Gasteiger partial charge in [0.25, 0.3) is 0 Å².